The lowest BCUT2D eigenvalue weighted by atomic mass is 9.91. The Morgan fingerprint density at radius 2 is 0.797 bits per heavy atom. The lowest BCUT2D eigenvalue weighted by molar-refractivity contribution is 0.673. The molecular weight excluding hydrogens is 721 g/mol. The summed E-state index contributed by atoms with van der Waals surface area (Å²) in [5.74, 6) is 1.88. The average molecular weight is 753 g/mol. The molecule has 9 aromatic carbocycles. The van der Waals surface area contributed by atoms with Crippen LogP contribution < -0.4 is 0 Å². The third-order valence-electron chi connectivity index (χ3n) is 11.1. The van der Waals surface area contributed by atoms with E-state index in [-0.39, 0.29) is 0 Å². The summed E-state index contributed by atoms with van der Waals surface area (Å²) >= 11 is 0. The van der Waals surface area contributed by atoms with E-state index >= 15 is 0 Å². The fourth-order valence-corrected chi connectivity index (χ4v) is 8.20. The number of aromatic nitrogens is 3. The number of fused-ring (bicyclic) bond motifs is 8. The number of hydrogen-bond acceptors (Lipinski definition) is 4. The summed E-state index contributed by atoms with van der Waals surface area (Å²) < 4.78 is 6.76. The van der Waals surface area contributed by atoms with Gasteiger partial charge in [-0.3, -0.25) is 0 Å². The smallest absolute Gasteiger partial charge is 0.187 e. The van der Waals surface area contributed by atoms with E-state index in [9.17, 15) is 0 Å². The van der Waals surface area contributed by atoms with Crippen molar-refractivity contribution in [1.82, 2.24) is 15.0 Å². The standard InChI is InChI=1S/C54H32N4O/c1-55-43-26-22-34(23-27-43)37-16-10-17-38(30-37)40-24-28-44-45-29-25-41(33-48(45)51-50(47(44)32-40)46-20-8-9-21-49(46)59-51)39-18-11-19-42(31-39)54-57-52(35-12-4-2-5-13-35)56-53(58-54)36-14-6-3-7-15-36/h2-33H. The molecule has 5 nitrogen and oxygen atoms in total. The van der Waals surface area contributed by atoms with Crippen molar-refractivity contribution in [1.29, 1.82) is 0 Å². The van der Waals surface area contributed by atoms with Crippen molar-refractivity contribution in [2.75, 3.05) is 0 Å². The third-order valence-corrected chi connectivity index (χ3v) is 11.1. The monoisotopic (exact) mass is 752 g/mol. The molecule has 5 heteroatoms. The molecule has 0 aliphatic carbocycles. The van der Waals surface area contributed by atoms with E-state index in [0.717, 1.165) is 88.2 Å². The Labute approximate surface area is 340 Å². The Hall–Kier alpha value is -8.20. The fourth-order valence-electron chi connectivity index (χ4n) is 8.20. The number of para-hydroxylation sites is 1. The highest BCUT2D eigenvalue weighted by Gasteiger charge is 2.18. The molecule has 0 saturated carbocycles. The molecule has 11 aromatic rings. The van der Waals surface area contributed by atoms with Crippen molar-refractivity contribution in [2.24, 2.45) is 0 Å². The zero-order chi connectivity index (χ0) is 39.3. The molecule has 0 aliphatic rings. The predicted molar refractivity (Wildman–Crippen MR) is 241 cm³/mol. The molecule has 0 aliphatic heterocycles. The first-order valence-corrected chi connectivity index (χ1v) is 19.5. The average Bonchev–Trinajstić information content (AvgIpc) is 3.72. The van der Waals surface area contributed by atoms with Crippen LogP contribution in [0.3, 0.4) is 0 Å². The van der Waals surface area contributed by atoms with Gasteiger partial charge in [0, 0.05) is 32.8 Å². The van der Waals surface area contributed by atoms with Crippen molar-refractivity contribution >= 4 is 49.2 Å². The maximum absolute atomic E-state index is 7.34. The maximum atomic E-state index is 7.34. The second-order valence-corrected chi connectivity index (χ2v) is 14.7. The van der Waals surface area contributed by atoms with Gasteiger partial charge in [-0.1, -0.05) is 164 Å². The second kappa shape index (κ2) is 14.1. The Kier molecular flexibility index (Phi) is 8.13. The van der Waals surface area contributed by atoms with Crippen molar-refractivity contribution < 1.29 is 4.42 Å². The lowest BCUT2D eigenvalue weighted by Gasteiger charge is -2.12. The summed E-state index contributed by atoms with van der Waals surface area (Å²) in [4.78, 5) is 18.4. The summed E-state index contributed by atoms with van der Waals surface area (Å²) in [6, 6.07) is 66.7. The van der Waals surface area contributed by atoms with Crippen LogP contribution in [-0.2, 0) is 0 Å². The van der Waals surface area contributed by atoms with Crippen molar-refractivity contribution in [3.05, 3.63) is 206 Å². The molecule has 0 N–H and O–H groups in total. The lowest BCUT2D eigenvalue weighted by Crippen LogP contribution is -2.00. The molecule has 2 heterocycles. The van der Waals surface area contributed by atoms with Crippen LogP contribution in [0.4, 0.5) is 5.69 Å². The van der Waals surface area contributed by atoms with E-state index in [0.29, 0.717) is 23.2 Å². The van der Waals surface area contributed by atoms with Gasteiger partial charge in [-0.05, 0) is 79.9 Å². The summed E-state index contributed by atoms with van der Waals surface area (Å²) in [7, 11) is 0. The Balaban J connectivity index is 1.05. The van der Waals surface area contributed by atoms with Crippen LogP contribution in [0.2, 0.25) is 0 Å². The number of furan rings is 1. The summed E-state index contributed by atoms with van der Waals surface area (Å²) in [6.45, 7) is 7.34. The third kappa shape index (κ3) is 6.08. The largest absolute Gasteiger partial charge is 0.455 e. The van der Waals surface area contributed by atoms with E-state index in [4.69, 9.17) is 25.9 Å². The first kappa shape index (κ1) is 34.1. The zero-order valence-corrected chi connectivity index (χ0v) is 31.7. The molecule has 0 spiro atoms. The van der Waals surface area contributed by atoms with Crippen molar-refractivity contribution in [3.63, 3.8) is 0 Å². The van der Waals surface area contributed by atoms with Gasteiger partial charge in [-0.15, -0.1) is 0 Å². The van der Waals surface area contributed by atoms with Crippen LogP contribution in [0.1, 0.15) is 0 Å². The molecule has 0 amide bonds. The topological polar surface area (TPSA) is 56.2 Å². The number of nitrogens with zero attached hydrogens (tertiary/aromatic N) is 4. The minimum Gasteiger partial charge on any atom is -0.455 e. The predicted octanol–water partition coefficient (Wildman–Crippen LogP) is 14.6. The molecule has 274 valence electrons. The van der Waals surface area contributed by atoms with Crippen molar-refractivity contribution in [2.45, 2.75) is 0 Å². The van der Waals surface area contributed by atoms with Crippen LogP contribution in [0.25, 0.3) is 116 Å². The number of benzene rings is 9. The van der Waals surface area contributed by atoms with E-state index in [1.165, 1.54) is 5.39 Å². The van der Waals surface area contributed by atoms with Crippen LogP contribution in [0, 0.1) is 6.57 Å². The molecule has 0 saturated heterocycles. The van der Waals surface area contributed by atoms with Gasteiger partial charge in [0.05, 0.1) is 6.57 Å². The highest BCUT2D eigenvalue weighted by atomic mass is 16.3. The van der Waals surface area contributed by atoms with E-state index < -0.39 is 0 Å². The normalized spacial score (nSPS) is 11.4. The summed E-state index contributed by atoms with van der Waals surface area (Å²) in [6.07, 6.45) is 0. The minimum absolute atomic E-state index is 0.616. The molecule has 0 atom stereocenters. The molecule has 0 bridgehead atoms. The SMILES string of the molecule is [C-]#[N+]c1ccc(-c2cccc(-c3ccc4c5ccc(-c6cccc(-c7nc(-c8ccccc8)nc(-c8ccccc8)n7)c6)cc5c5oc6ccccc6c5c4c3)c2)cc1. The van der Waals surface area contributed by atoms with Gasteiger partial charge in [0.2, 0.25) is 0 Å². The number of hydrogen-bond donors (Lipinski definition) is 0. The second-order valence-electron chi connectivity index (χ2n) is 14.7. The van der Waals surface area contributed by atoms with Gasteiger partial charge in [0.25, 0.3) is 0 Å². The number of rotatable bonds is 6. The first-order valence-electron chi connectivity index (χ1n) is 19.5. The highest BCUT2D eigenvalue weighted by molar-refractivity contribution is 6.30. The van der Waals surface area contributed by atoms with Crippen LogP contribution in [-0.4, -0.2) is 15.0 Å². The molecular formula is C54H32N4O. The van der Waals surface area contributed by atoms with Crippen LogP contribution in [0.5, 0.6) is 0 Å². The quantitative estimate of drug-likeness (QED) is 0.125. The van der Waals surface area contributed by atoms with Gasteiger partial charge in [-0.25, -0.2) is 19.8 Å². The molecule has 0 fully saturated rings. The van der Waals surface area contributed by atoms with Gasteiger partial charge >= 0.3 is 0 Å². The molecule has 59 heavy (non-hydrogen) atoms. The molecule has 2 aromatic heterocycles. The van der Waals surface area contributed by atoms with Crippen LogP contribution in [0.15, 0.2) is 199 Å². The fraction of sp³-hybridized carbons (Fsp3) is 0. The summed E-state index contributed by atoms with van der Waals surface area (Å²) in [5, 5.41) is 6.70. The highest BCUT2D eigenvalue weighted by Crippen LogP contribution is 2.43. The van der Waals surface area contributed by atoms with Gasteiger partial charge in [0.1, 0.15) is 11.2 Å². The molecule has 11 rings (SSSR count). The van der Waals surface area contributed by atoms with E-state index in [2.05, 4.69) is 108 Å². The minimum atomic E-state index is 0.616. The first-order chi connectivity index (χ1) is 29.2. The molecule has 0 radical (unpaired) electrons. The van der Waals surface area contributed by atoms with Crippen LogP contribution >= 0.6 is 0 Å². The van der Waals surface area contributed by atoms with Gasteiger partial charge in [-0.2, -0.15) is 0 Å². The zero-order valence-electron chi connectivity index (χ0n) is 31.7. The Morgan fingerprint density at radius 1 is 0.339 bits per heavy atom. The summed E-state index contributed by atoms with van der Waals surface area (Å²) in [5.41, 5.74) is 11.7. The van der Waals surface area contributed by atoms with Crippen molar-refractivity contribution in [3.8, 4) is 67.5 Å². The van der Waals surface area contributed by atoms with E-state index in [1.54, 1.807) is 0 Å². The maximum Gasteiger partial charge on any atom is 0.187 e. The Morgan fingerprint density at radius 3 is 1.42 bits per heavy atom. The Bertz CT molecular complexity index is 3380. The van der Waals surface area contributed by atoms with Gasteiger partial charge in [0.15, 0.2) is 23.2 Å². The molecule has 0 unspecified atom stereocenters. The van der Waals surface area contributed by atoms with E-state index in [1.807, 2.05) is 91.0 Å². The van der Waals surface area contributed by atoms with Gasteiger partial charge < -0.3 is 4.42 Å².